The van der Waals surface area contributed by atoms with Gasteiger partial charge in [0.25, 0.3) is 0 Å². The van der Waals surface area contributed by atoms with Gasteiger partial charge in [0.15, 0.2) is 0 Å². The second-order valence-corrected chi connectivity index (χ2v) is 8.32. The summed E-state index contributed by atoms with van der Waals surface area (Å²) < 4.78 is 0. The summed E-state index contributed by atoms with van der Waals surface area (Å²) in [6.45, 7) is 2.94. The Morgan fingerprint density at radius 2 is 1.93 bits per heavy atom. The largest absolute Gasteiger partial charge is 0.508 e. The predicted octanol–water partition coefficient (Wildman–Crippen LogP) is 2.21. The van der Waals surface area contributed by atoms with Crippen molar-refractivity contribution in [1.29, 1.82) is 0 Å². The molecule has 0 aliphatic heterocycles. The average Bonchev–Trinajstić information content (AvgIpc) is 3.56. The van der Waals surface area contributed by atoms with Crippen LogP contribution in [0.3, 0.4) is 0 Å². The van der Waals surface area contributed by atoms with Gasteiger partial charge in [0.2, 0.25) is 5.91 Å². The van der Waals surface area contributed by atoms with Crippen molar-refractivity contribution >= 4 is 5.91 Å². The molecule has 6 heteroatoms. The highest BCUT2D eigenvalue weighted by Crippen LogP contribution is 2.27. The van der Waals surface area contributed by atoms with E-state index >= 15 is 0 Å². The number of benzene rings is 2. The Hall–Kier alpha value is -2.41. The maximum Gasteiger partial charge on any atom is 0.224 e. The number of phenols is 1. The molecule has 1 aliphatic carbocycles. The van der Waals surface area contributed by atoms with Crippen LogP contribution in [0.25, 0.3) is 0 Å². The number of nitrogens with one attached hydrogen (secondary N) is 2. The van der Waals surface area contributed by atoms with Gasteiger partial charge in [-0.2, -0.15) is 0 Å². The van der Waals surface area contributed by atoms with Crippen LogP contribution in [-0.2, 0) is 24.2 Å². The van der Waals surface area contributed by atoms with Crippen molar-refractivity contribution in [2.24, 2.45) is 5.92 Å². The summed E-state index contributed by atoms with van der Waals surface area (Å²) in [5.41, 5.74) is 3.20. The molecule has 6 nitrogen and oxygen atoms in total. The summed E-state index contributed by atoms with van der Waals surface area (Å²) in [5, 5.41) is 35.7. The number of hydrogen-bond acceptors (Lipinski definition) is 5. The summed E-state index contributed by atoms with van der Waals surface area (Å²) in [5.74, 6) is 0.778. The fourth-order valence-electron chi connectivity index (χ4n) is 3.49. The first-order valence-electron chi connectivity index (χ1n) is 10.6. The van der Waals surface area contributed by atoms with E-state index in [-0.39, 0.29) is 24.3 Å². The van der Waals surface area contributed by atoms with Gasteiger partial charge in [0, 0.05) is 24.7 Å². The molecule has 2 aromatic carbocycles. The molecule has 0 saturated heterocycles. The van der Waals surface area contributed by atoms with Crippen molar-refractivity contribution in [2.45, 2.75) is 51.4 Å². The fourth-order valence-corrected chi connectivity index (χ4v) is 3.49. The first-order valence-corrected chi connectivity index (χ1v) is 10.6. The monoisotopic (exact) mass is 412 g/mol. The third kappa shape index (κ3) is 6.83. The van der Waals surface area contributed by atoms with Crippen LogP contribution >= 0.6 is 0 Å². The summed E-state index contributed by atoms with van der Waals surface area (Å²) in [7, 11) is 0. The Morgan fingerprint density at radius 1 is 1.17 bits per heavy atom. The van der Waals surface area contributed by atoms with Crippen LogP contribution in [0.2, 0.25) is 0 Å². The molecular formula is C24H32N2O4. The lowest BCUT2D eigenvalue weighted by molar-refractivity contribution is -0.120. The number of carbonyl (C=O) groups excluding carboxylic acids is 1. The first kappa shape index (κ1) is 22.3. The lowest BCUT2D eigenvalue weighted by Gasteiger charge is -2.18. The highest BCUT2D eigenvalue weighted by molar-refractivity contribution is 5.78. The van der Waals surface area contributed by atoms with Crippen molar-refractivity contribution in [2.75, 3.05) is 13.1 Å². The van der Waals surface area contributed by atoms with E-state index < -0.39 is 6.10 Å². The minimum atomic E-state index is -0.736. The van der Waals surface area contributed by atoms with Crippen LogP contribution in [0, 0.1) is 5.92 Å². The molecule has 1 saturated carbocycles. The molecule has 1 fully saturated rings. The molecule has 0 aromatic heterocycles. The maximum atomic E-state index is 12.1. The molecule has 0 radical (unpaired) electrons. The standard InChI is InChI=1S/C24H32N2O4/c1-16(25-14-23(29)20-7-8-22(28)21(12-20)15-27)9-18-3-2-4-19(10-18)11-24(30)26-13-17-5-6-17/h2-4,7-8,10,12,16-17,23,25,27-29H,5-6,9,11,13-15H2,1H3,(H,26,30)/t16-,23+/m1/s1. The lowest BCUT2D eigenvalue weighted by Crippen LogP contribution is -2.32. The summed E-state index contributed by atoms with van der Waals surface area (Å²) in [6.07, 6.45) is 2.89. The van der Waals surface area contributed by atoms with E-state index in [1.165, 1.54) is 18.9 Å². The Kier molecular flexibility index (Phi) is 7.85. The number of carbonyl (C=O) groups is 1. The average molecular weight is 413 g/mol. The van der Waals surface area contributed by atoms with Crippen LogP contribution in [0.5, 0.6) is 5.75 Å². The maximum absolute atomic E-state index is 12.1. The highest BCUT2D eigenvalue weighted by Gasteiger charge is 2.21. The van der Waals surface area contributed by atoms with E-state index in [0.717, 1.165) is 24.1 Å². The fraction of sp³-hybridized carbons (Fsp3) is 0.458. The molecule has 0 unspecified atom stereocenters. The molecule has 0 heterocycles. The van der Waals surface area contributed by atoms with Gasteiger partial charge < -0.3 is 26.0 Å². The zero-order valence-corrected chi connectivity index (χ0v) is 17.5. The zero-order chi connectivity index (χ0) is 21.5. The van der Waals surface area contributed by atoms with E-state index in [1.807, 2.05) is 18.2 Å². The molecule has 2 aromatic rings. The van der Waals surface area contributed by atoms with Crippen LogP contribution < -0.4 is 10.6 Å². The molecule has 1 amide bonds. The molecule has 1 aliphatic rings. The zero-order valence-electron chi connectivity index (χ0n) is 17.5. The van der Waals surface area contributed by atoms with E-state index in [4.69, 9.17) is 0 Å². The third-order valence-electron chi connectivity index (χ3n) is 5.50. The van der Waals surface area contributed by atoms with Gasteiger partial charge in [-0.15, -0.1) is 0 Å². The number of aliphatic hydroxyl groups excluding tert-OH is 2. The molecule has 30 heavy (non-hydrogen) atoms. The second kappa shape index (κ2) is 10.6. The molecule has 2 atom stereocenters. The lowest BCUT2D eigenvalue weighted by atomic mass is 10.0. The van der Waals surface area contributed by atoms with E-state index in [9.17, 15) is 20.1 Å². The number of aromatic hydroxyl groups is 1. The van der Waals surface area contributed by atoms with E-state index in [2.05, 4.69) is 23.6 Å². The van der Waals surface area contributed by atoms with E-state index in [1.54, 1.807) is 12.1 Å². The number of hydrogen-bond donors (Lipinski definition) is 5. The summed E-state index contributed by atoms with van der Waals surface area (Å²) >= 11 is 0. The van der Waals surface area contributed by atoms with Gasteiger partial charge in [-0.1, -0.05) is 30.3 Å². The van der Waals surface area contributed by atoms with Crippen LogP contribution in [0.1, 0.15) is 48.1 Å². The van der Waals surface area contributed by atoms with Gasteiger partial charge in [0.05, 0.1) is 19.1 Å². The van der Waals surface area contributed by atoms with Crippen molar-refractivity contribution in [3.63, 3.8) is 0 Å². The SMILES string of the molecule is C[C@H](Cc1cccc(CC(=O)NCC2CC2)c1)NC[C@H](O)c1ccc(O)c(CO)c1. The van der Waals surface area contributed by atoms with Gasteiger partial charge in [0.1, 0.15) is 5.75 Å². The molecule has 5 N–H and O–H groups in total. The van der Waals surface area contributed by atoms with Crippen molar-refractivity contribution in [3.8, 4) is 5.75 Å². The van der Waals surface area contributed by atoms with Crippen LogP contribution in [-0.4, -0.2) is 40.4 Å². The van der Waals surface area contributed by atoms with Crippen molar-refractivity contribution < 1.29 is 20.1 Å². The van der Waals surface area contributed by atoms with Crippen LogP contribution in [0.15, 0.2) is 42.5 Å². The topological polar surface area (TPSA) is 102 Å². The predicted molar refractivity (Wildman–Crippen MR) is 116 cm³/mol. The number of rotatable bonds is 11. The van der Waals surface area contributed by atoms with Gasteiger partial charge in [-0.3, -0.25) is 4.79 Å². The smallest absolute Gasteiger partial charge is 0.224 e. The molecule has 0 spiro atoms. The molecule has 0 bridgehead atoms. The van der Waals surface area contributed by atoms with Gasteiger partial charge >= 0.3 is 0 Å². The Labute approximate surface area is 178 Å². The van der Waals surface area contributed by atoms with Gasteiger partial charge in [-0.05, 0) is 60.9 Å². The number of aliphatic hydroxyl groups is 2. The number of amides is 1. The van der Waals surface area contributed by atoms with Crippen molar-refractivity contribution in [3.05, 3.63) is 64.7 Å². The van der Waals surface area contributed by atoms with Crippen LogP contribution in [0.4, 0.5) is 0 Å². The first-order chi connectivity index (χ1) is 14.4. The summed E-state index contributed by atoms with van der Waals surface area (Å²) in [4.78, 5) is 12.1. The molecule has 3 rings (SSSR count). The van der Waals surface area contributed by atoms with Gasteiger partial charge in [-0.25, -0.2) is 0 Å². The second-order valence-electron chi connectivity index (χ2n) is 8.32. The minimum Gasteiger partial charge on any atom is -0.508 e. The normalized spacial score (nSPS) is 15.6. The van der Waals surface area contributed by atoms with E-state index in [0.29, 0.717) is 30.0 Å². The Balaban J connectivity index is 1.47. The molecular weight excluding hydrogens is 380 g/mol. The summed E-state index contributed by atoms with van der Waals surface area (Å²) in [6, 6.07) is 13.0. The molecule has 162 valence electrons. The minimum absolute atomic E-state index is 0.0240. The highest BCUT2D eigenvalue weighted by atomic mass is 16.3. The quantitative estimate of drug-likeness (QED) is 0.390. The third-order valence-corrected chi connectivity index (χ3v) is 5.50. The van der Waals surface area contributed by atoms with Crippen molar-refractivity contribution in [1.82, 2.24) is 10.6 Å². The Morgan fingerprint density at radius 3 is 2.67 bits per heavy atom. The Bertz CT molecular complexity index is 851.